The number of hydrogen-bond acceptors (Lipinski definition) is 2. The lowest BCUT2D eigenvalue weighted by Crippen LogP contribution is -2.15. The molecule has 2 rings (SSSR count). The van der Waals surface area contributed by atoms with Crippen LogP contribution in [0.2, 0.25) is 0 Å². The molecule has 0 aliphatic carbocycles. The lowest BCUT2D eigenvalue weighted by Gasteiger charge is -2.28. The van der Waals surface area contributed by atoms with E-state index in [1.807, 2.05) is 12.3 Å². The summed E-state index contributed by atoms with van der Waals surface area (Å²) in [5.41, 5.74) is 4.25. The standard InChI is InChI=1S/C18H20N2/c1-13(18(2,3)4)15-6-5-7-16(9-15)17-8-14(10-19)11-20-12-17/h5-9,11-13H,1-4H3/t13-/m0/s1. The second-order valence-corrected chi connectivity index (χ2v) is 6.29. The summed E-state index contributed by atoms with van der Waals surface area (Å²) in [5.74, 6) is 0.467. The Morgan fingerprint density at radius 1 is 1.10 bits per heavy atom. The highest BCUT2D eigenvalue weighted by Crippen LogP contribution is 2.35. The maximum atomic E-state index is 8.97. The van der Waals surface area contributed by atoms with Crippen molar-refractivity contribution >= 4 is 0 Å². The fourth-order valence-corrected chi connectivity index (χ4v) is 2.15. The summed E-state index contributed by atoms with van der Waals surface area (Å²) in [5, 5.41) is 8.97. The predicted octanol–water partition coefficient (Wildman–Crippen LogP) is 4.77. The molecule has 0 aliphatic rings. The second kappa shape index (κ2) is 5.46. The maximum absolute atomic E-state index is 8.97. The minimum atomic E-state index is 0.228. The molecule has 0 saturated carbocycles. The van der Waals surface area contributed by atoms with E-state index in [4.69, 9.17) is 5.26 Å². The highest BCUT2D eigenvalue weighted by atomic mass is 14.6. The molecule has 0 N–H and O–H groups in total. The molecule has 102 valence electrons. The van der Waals surface area contributed by atoms with Crippen molar-refractivity contribution in [3.8, 4) is 17.2 Å². The van der Waals surface area contributed by atoms with Gasteiger partial charge in [0.25, 0.3) is 0 Å². The summed E-state index contributed by atoms with van der Waals surface area (Å²) >= 11 is 0. The molecule has 1 aromatic carbocycles. The van der Waals surface area contributed by atoms with Crippen molar-refractivity contribution in [2.75, 3.05) is 0 Å². The molecular formula is C18H20N2. The van der Waals surface area contributed by atoms with Crippen molar-refractivity contribution in [3.05, 3.63) is 53.9 Å². The van der Waals surface area contributed by atoms with E-state index < -0.39 is 0 Å². The van der Waals surface area contributed by atoms with Crippen LogP contribution in [-0.2, 0) is 0 Å². The Balaban J connectivity index is 2.42. The van der Waals surface area contributed by atoms with Gasteiger partial charge in [-0.1, -0.05) is 52.0 Å². The fourth-order valence-electron chi connectivity index (χ4n) is 2.15. The molecule has 2 aromatic rings. The minimum absolute atomic E-state index is 0.228. The third-order valence-corrected chi connectivity index (χ3v) is 3.89. The molecule has 1 heterocycles. The molecule has 0 aliphatic heterocycles. The zero-order valence-corrected chi connectivity index (χ0v) is 12.5. The average Bonchev–Trinajstić information content (AvgIpc) is 2.45. The summed E-state index contributed by atoms with van der Waals surface area (Å²) in [6, 6.07) is 12.5. The van der Waals surface area contributed by atoms with Crippen LogP contribution in [0.4, 0.5) is 0 Å². The van der Waals surface area contributed by atoms with E-state index >= 15 is 0 Å². The van der Waals surface area contributed by atoms with Crippen molar-refractivity contribution in [2.24, 2.45) is 5.41 Å². The van der Waals surface area contributed by atoms with Crippen LogP contribution in [0.1, 0.15) is 44.7 Å². The van der Waals surface area contributed by atoms with E-state index in [1.54, 1.807) is 6.20 Å². The van der Waals surface area contributed by atoms with Gasteiger partial charge in [0.2, 0.25) is 0 Å². The van der Waals surface area contributed by atoms with Gasteiger partial charge in [-0.05, 0) is 28.5 Å². The van der Waals surface area contributed by atoms with Gasteiger partial charge in [0.1, 0.15) is 6.07 Å². The molecular weight excluding hydrogens is 244 g/mol. The molecule has 2 heteroatoms. The van der Waals surface area contributed by atoms with Crippen molar-refractivity contribution in [3.63, 3.8) is 0 Å². The van der Waals surface area contributed by atoms with Crippen molar-refractivity contribution in [1.82, 2.24) is 4.98 Å². The van der Waals surface area contributed by atoms with E-state index in [-0.39, 0.29) is 5.41 Å². The van der Waals surface area contributed by atoms with E-state index in [0.717, 1.165) is 11.1 Å². The second-order valence-electron chi connectivity index (χ2n) is 6.29. The summed E-state index contributed by atoms with van der Waals surface area (Å²) in [6.45, 7) is 9.01. The molecule has 20 heavy (non-hydrogen) atoms. The Bertz CT molecular complexity index is 645. The predicted molar refractivity (Wildman–Crippen MR) is 82.3 cm³/mol. The first-order valence-corrected chi connectivity index (χ1v) is 6.87. The van der Waals surface area contributed by atoms with E-state index in [0.29, 0.717) is 11.5 Å². The van der Waals surface area contributed by atoms with Gasteiger partial charge in [0.05, 0.1) is 5.56 Å². The first kappa shape index (κ1) is 14.3. The lowest BCUT2D eigenvalue weighted by atomic mass is 9.77. The van der Waals surface area contributed by atoms with Crippen LogP contribution in [0.25, 0.3) is 11.1 Å². The van der Waals surface area contributed by atoms with Gasteiger partial charge < -0.3 is 0 Å². The molecule has 0 fully saturated rings. The number of benzene rings is 1. The molecule has 0 bridgehead atoms. The Morgan fingerprint density at radius 2 is 1.85 bits per heavy atom. The summed E-state index contributed by atoms with van der Waals surface area (Å²) in [7, 11) is 0. The van der Waals surface area contributed by atoms with Gasteiger partial charge in [0.15, 0.2) is 0 Å². The number of nitriles is 1. The number of aromatic nitrogens is 1. The largest absolute Gasteiger partial charge is 0.263 e. The fraction of sp³-hybridized carbons (Fsp3) is 0.333. The molecule has 1 aromatic heterocycles. The quantitative estimate of drug-likeness (QED) is 0.783. The zero-order chi connectivity index (χ0) is 14.8. The van der Waals surface area contributed by atoms with E-state index in [9.17, 15) is 0 Å². The minimum Gasteiger partial charge on any atom is -0.263 e. The molecule has 1 atom stereocenters. The summed E-state index contributed by atoms with van der Waals surface area (Å²) in [4.78, 5) is 4.13. The summed E-state index contributed by atoms with van der Waals surface area (Å²) in [6.07, 6.45) is 3.40. The summed E-state index contributed by atoms with van der Waals surface area (Å²) < 4.78 is 0. The first-order valence-electron chi connectivity index (χ1n) is 6.87. The monoisotopic (exact) mass is 264 g/mol. The van der Waals surface area contributed by atoms with Crippen molar-refractivity contribution in [1.29, 1.82) is 5.26 Å². The van der Waals surface area contributed by atoms with Crippen LogP contribution in [0.15, 0.2) is 42.7 Å². The Labute approximate surface area is 121 Å². The Morgan fingerprint density at radius 3 is 2.50 bits per heavy atom. The van der Waals surface area contributed by atoms with Crippen molar-refractivity contribution in [2.45, 2.75) is 33.6 Å². The molecule has 0 spiro atoms. The zero-order valence-electron chi connectivity index (χ0n) is 12.5. The topological polar surface area (TPSA) is 36.7 Å². The van der Waals surface area contributed by atoms with Crippen LogP contribution in [-0.4, -0.2) is 4.98 Å². The highest BCUT2D eigenvalue weighted by Gasteiger charge is 2.21. The highest BCUT2D eigenvalue weighted by molar-refractivity contribution is 5.64. The third kappa shape index (κ3) is 3.05. The molecule has 0 radical (unpaired) electrons. The van der Waals surface area contributed by atoms with Gasteiger partial charge in [-0.2, -0.15) is 5.26 Å². The van der Waals surface area contributed by atoms with Gasteiger partial charge in [-0.3, -0.25) is 4.98 Å². The normalized spacial score (nSPS) is 12.8. The van der Waals surface area contributed by atoms with Crippen LogP contribution in [0.5, 0.6) is 0 Å². The van der Waals surface area contributed by atoms with Crippen LogP contribution < -0.4 is 0 Å². The molecule has 0 amide bonds. The van der Waals surface area contributed by atoms with Crippen LogP contribution >= 0.6 is 0 Å². The number of rotatable bonds is 2. The van der Waals surface area contributed by atoms with Crippen LogP contribution in [0, 0.1) is 16.7 Å². The Kier molecular flexibility index (Phi) is 3.90. The van der Waals surface area contributed by atoms with Crippen LogP contribution in [0.3, 0.4) is 0 Å². The van der Waals surface area contributed by atoms with E-state index in [2.05, 4.69) is 63.0 Å². The maximum Gasteiger partial charge on any atom is 0.101 e. The van der Waals surface area contributed by atoms with Gasteiger partial charge in [-0.25, -0.2) is 0 Å². The number of nitrogens with zero attached hydrogens (tertiary/aromatic N) is 2. The third-order valence-electron chi connectivity index (χ3n) is 3.89. The average molecular weight is 264 g/mol. The first-order chi connectivity index (χ1) is 9.41. The number of pyridine rings is 1. The molecule has 0 unspecified atom stereocenters. The lowest BCUT2D eigenvalue weighted by molar-refractivity contribution is 0.339. The van der Waals surface area contributed by atoms with Gasteiger partial charge in [-0.15, -0.1) is 0 Å². The SMILES string of the molecule is C[C@@H](c1cccc(-c2cncc(C#N)c2)c1)C(C)(C)C. The molecule has 2 nitrogen and oxygen atoms in total. The smallest absolute Gasteiger partial charge is 0.101 e. The van der Waals surface area contributed by atoms with Crippen molar-refractivity contribution < 1.29 is 0 Å². The van der Waals surface area contributed by atoms with E-state index in [1.165, 1.54) is 5.56 Å². The number of hydrogen-bond donors (Lipinski definition) is 0. The Hall–Kier alpha value is -2.14. The van der Waals surface area contributed by atoms with Gasteiger partial charge in [0, 0.05) is 18.0 Å². The van der Waals surface area contributed by atoms with Gasteiger partial charge >= 0.3 is 0 Å². The molecule has 0 saturated heterocycles.